The van der Waals surface area contributed by atoms with Crippen LogP contribution in [0.5, 0.6) is 0 Å². The zero-order valence-corrected chi connectivity index (χ0v) is 11.8. The quantitative estimate of drug-likeness (QED) is 0.725. The molecule has 0 saturated carbocycles. The summed E-state index contributed by atoms with van der Waals surface area (Å²) in [7, 11) is -3.69. The van der Waals surface area contributed by atoms with Crippen LogP contribution >= 0.6 is 0 Å². The first-order chi connectivity index (χ1) is 8.17. The van der Waals surface area contributed by atoms with Crippen molar-refractivity contribution < 1.29 is 13.2 Å². The summed E-state index contributed by atoms with van der Waals surface area (Å²) >= 11 is 0. The van der Waals surface area contributed by atoms with Crippen LogP contribution in [0, 0.1) is 5.41 Å². The first-order valence-corrected chi connectivity index (χ1v) is 7.29. The van der Waals surface area contributed by atoms with Crippen LogP contribution in [0.1, 0.15) is 39.3 Å². The molecule has 0 N–H and O–H groups in total. The largest absolute Gasteiger partial charge is 0.273 e. The normalized spacial score (nSPS) is 21.8. The Labute approximate surface area is 108 Å². The Morgan fingerprint density at radius 2 is 1.78 bits per heavy atom. The minimum atomic E-state index is -3.69. The van der Waals surface area contributed by atoms with E-state index in [0.717, 1.165) is 4.31 Å². The molecule has 4 nitrogen and oxygen atoms in total. The first-order valence-electron chi connectivity index (χ1n) is 5.85. The van der Waals surface area contributed by atoms with Gasteiger partial charge in [-0.1, -0.05) is 39.0 Å². The molecular weight excluding hydrogens is 250 g/mol. The number of amides is 1. The second kappa shape index (κ2) is 3.82. The van der Waals surface area contributed by atoms with Crippen LogP contribution in [-0.4, -0.2) is 18.6 Å². The summed E-state index contributed by atoms with van der Waals surface area (Å²) in [6.07, 6.45) is 0. The third-order valence-electron chi connectivity index (χ3n) is 3.10. The molecule has 0 saturated heterocycles. The zero-order valence-electron chi connectivity index (χ0n) is 11.0. The minimum absolute atomic E-state index is 0.245. The third kappa shape index (κ3) is 1.73. The maximum Gasteiger partial charge on any atom is 0.267 e. The van der Waals surface area contributed by atoms with Crippen molar-refractivity contribution in [3.8, 4) is 0 Å². The molecule has 0 bridgehead atoms. The maximum absolute atomic E-state index is 12.4. The lowest BCUT2D eigenvalue weighted by Crippen LogP contribution is -2.41. The smallest absolute Gasteiger partial charge is 0.267 e. The molecule has 1 aromatic rings. The summed E-state index contributed by atoms with van der Waals surface area (Å²) in [5.41, 5.74) is -0.0290. The van der Waals surface area contributed by atoms with E-state index in [1.807, 2.05) is 0 Å². The van der Waals surface area contributed by atoms with Crippen molar-refractivity contribution in [2.24, 2.45) is 5.41 Å². The minimum Gasteiger partial charge on any atom is -0.273 e. The molecule has 0 unspecified atom stereocenters. The molecule has 1 heterocycles. The summed E-state index contributed by atoms with van der Waals surface area (Å²) in [4.78, 5) is 12.6. The predicted octanol–water partition coefficient (Wildman–Crippen LogP) is 2.32. The lowest BCUT2D eigenvalue weighted by molar-refractivity contribution is -0.135. The average molecular weight is 267 g/mol. The van der Waals surface area contributed by atoms with Crippen LogP contribution in [-0.2, 0) is 14.8 Å². The third-order valence-corrected chi connectivity index (χ3v) is 5.03. The molecule has 0 spiro atoms. The highest BCUT2D eigenvalue weighted by Gasteiger charge is 2.46. The van der Waals surface area contributed by atoms with Crippen LogP contribution in [0.3, 0.4) is 0 Å². The van der Waals surface area contributed by atoms with Crippen molar-refractivity contribution in [3.63, 3.8) is 0 Å². The SMILES string of the molecule is C[C@@H]1c2ccccc2S(=O)(=O)N1C(=O)C(C)(C)C. The monoisotopic (exact) mass is 267 g/mol. The summed E-state index contributed by atoms with van der Waals surface area (Å²) in [6.45, 7) is 6.91. The number of fused-ring (bicyclic) bond motifs is 1. The van der Waals surface area contributed by atoms with E-state index in [4.69, 9.17) is 0 Å². The summed E-state index contributed by atoms with van der Waals surface area (Å²) in [6, 6.07) is 6.34. The van der Waals surface area contributed by atoms with E-state index in [-0.39, 0.29) is 10.8 Å². The molecule has 0 aliphatic carbocycles. The molecule has 0 radical (unpaired) electrons. The van der Waals surface area contributed by atoms with Crippen molar-refractivity contribution in [1.29, 1.82) is 0 Å². The van der Waals surface area contributed by atoms with E-state index in [9.17, 15) is 13.2 Å². The van der Waals surface area contributed by atoms with Gasteiger partial charge in [-0.05, 0) is 18.6 Å². The van der Waals surface area contributed by atoms with E-state index in [2.05, 4.69) is 0 Å². The lowest BCUT2D eigenvalue weighted by atomic mass is 9.95. The number of carbonyl (C=O) groups is 1. The van der Waals surface area contributed by atoms with Gasteiger partial charge in [0.05, 0.1) is 10.9 Å². The average Bonchev–Trinajstić information content (AvgIpc) is 2.46. The van der Waals surface area contributed by atoms with Gasteiger partial charge in [0.1, 0.15) is 0 Å². The highest BCUT2D eigenvalue weighted by atomic mass is 32.2. The Bertz CT molecular complexity index is 599. The Kier molecular flexibility index (Phi) is 2.77. The van der Waals surface area contributed by atoms with E-state index in [1.165, 1.54) is 0 Å². The Morgan fingerprint density at radius 1 is 1.22 bits per heavy atom. The lowest BCUT2D eigenvalue weighted by Gasteiger charge is -2.27. The van der Waals surface area contributed by atoms with Crippen molar-refractivity contribution in [2.75, 3.05) is 0 Å². The van der Waals surface area contributed by atoms with Crippen molar-refractivity contribution in [1.82, 2.24) is 4.31 Å². The second-order valence-electron chi connectivity index (χ2n) is 5.57. The molecule has 1 aromatic carbocycles. The number of hydrogen-bond donors (Lipinski definition) is 0. The summed E-state index contributed by atoms with van der Waals surface area (Å²) in [5.74, 6) is -0.369. The molecular formula is C13H17NO3S. The zero-order chi connectivity index (χ0) is 13.7. The Morgan fingerprint density at radius 3 is 2.28 bits per heavy atom. The molecule has 2 rings (SSSR count). The number of nitrogens with zero attached hydrogens (tertiary/aromatic N) is 1. The van der Waals surface area contributed by atoms with E-state index in [1.54, 1.807) is 52.0 Å². The number of sulfonamides is 1. The molecule has 5 heteroatoms. The van der Waals surface area contributed by atoms with Gasteiger partial charge in [0, 0.05) is 5.41 Å². The molecule has 0 aromatic heterocycles. The Hall–Kier alpha value is -1.36. The topological polar surface area (TPSA) is 54.5 Å². The van der Waals surface area contributed by atoms with Gasteiger partial charge in [-0.3, -0.25) is 4.79 Å². The van der Waals surface area contributed by atoms with Crippen LogP contribution < -0.4 is 0 Å². The molecule has 98 valence electrons. The predicted molar refractivity (Wildman–Crippen MR) is 68.3 cm³/mol. The van der Waals surface area contributed by atoms with Crippen LogP contribution in [0.4, 0.5) is 0 Å². The van der Waals surface area contributed by atoms with Crippen molar-refractivity contribution >= 4 is 15.9 Å². The fourth-order valence-corrected chi connectivity index (χ4v) is 4.14. The molecule has 0 fully saturated rings. The van der Waals surface area contributed by atoms with Gasteiger partial charge >= 0.3 is 0 Å². The highest BCUT2D eigenvalue weighted by Crippen LogP contribution is 2.41. The summed E-state index contributed by atoms with van der Waals surface area (Å²) in [5, 5.41) is 0. The van der Waals surface area contributed by atoms with Crippen LogP contribution in [0.15, 0.2) is 29.2 Å². The van der Waals surface area contributed by atoms with E-state index < -0.39 is 21.5 Å². The molecule has 1 aliphatic heterocycles. The summed E-state index contributed by atoms with van der Waals surface area (Å²) < 4.78 is 25.8. The number of carbonyl (C=O) groups excluding carboxylic acids is 1. The van der Waals surface area contributed by atoms with Crippen molar-refractivity contribution in [2.45, 2.75) is 38.6 Å². The second-order valence-corrected chi connectivity index (χ2v) is 7.35. The van der Waals surface area contributed by atoms with Gasteiger partial charge in [0.15, 0.2) is 0 Å². The molecule has 1 atom stereocenters. The van der Waals surface area contributed by atoms with E-state index in [0.29, 0.717) is 5.56 Å². The molecule has 1 amide bonds. The van der Waals surface area contributed by atoms with Crippen molar-refractivity contribution in [3.05, 3.63) is 29.8 Å². The molecule has 1 aliphatic rings. The fourth-order valence-electron chi connectivity index (χ4n) is 2.12. The van der Waals surface area contributed by atoms with Crippen LogP contribution in [0.2, 0.25) is 0 Å². The van der Waals surface area contributed by atoms with Gasteiger partial charge in [0.2, 0.25) is 5.91 Å². The van der Waals surface area contributed by atoms with E-state index >= 15 is 0 Å². The highest BCUT2D eigenvalue weighted by molar-refractivity contribution is 7.90. The maximum atomic E-state index is 12.4. The first kappa shape index (κ1) is 13.1. The van der Waals surface area contributed by atoms with Gasteiger partial charge < -0.3 is 0 Å². The van der Waals surface area contributed by atoms with Crippen LogP contribution in [0.25, 0.3) is 0 Å². The number of hydrogen-bond acceptors (Lipinski definition) is 3. The van der Waals surface area contributed by atoms with Gasteiger partial charge in [0.25, 0.3) is 10.0 Å². The Balaban J connectivity index is 2.59. The fraction of sp³-hybridized carbons (Fsp3) is 0.462. The number of benzene rings is 1. The van der Waals surface area contributed by atoms with Gasteiger partial charge in [-0.2, -0.15) is 0 Å². The standard InChI is InChI=1S/C13H17NO3S/c1-9-10-7-5-6-8-11(10)18(16,17)14(9)12(15)13(2,3)4/h5-9H,1-4H3/t9-/m1/s1. The van der Waals surface area contributed by atoms with Gasteiger partial charge in [-0.15, -0.1) is 0 Å². The van der Waals surface area contributed by atoms with Gasteiger partial charge in [-0.25, -0.2) is 12.7 Å². The number of rotatable bonds is 0. The molecule has 18 heavy (non-hydrogen) atoms.